The van der Waals surface area contributed by atoms with E-state index in [4.69, 9.17) is 0 Å². The van der Waals surface area contributed by atoms with E-state index in [1.807, 2.05) is 48.5 Å². The molecule has 162 valence electrons. The Hall–Kier alpha value is -3.43. The van der Waals surface area contributed by atoms with Gasteiger partial charge in [-0.25, -0.2) is 0 Å². The third kappa shape index (κ3) is 5.43. The predicted octanol–water partition coefficient (Wildman–Crippen LogP) is 4.99. The van der Waals surface area contributed by atoms with Gasteiger partial charge in [-0.05, 0) is 54.3 Å². The lowest BCUT2D eigenvalue weighted by molar-refractivity contribution is -0.119. The van der Waals surface area contributed by atoms with Crippen LogP contribution in [0.4, 0.5) is 11.4 Å². The maximum Gasteiger partial charge on any atom is 0.217 e. The summed E-state index contributed by atoms with van der Waals surface area (Å²) in [7, 11) is 0. The van der Waals surface area contributed by atoms with E-state index >= 15 is 0 Å². The maximum absolute atomic E-state index is 11.4. The van der Waals surface area contributed by atoms with E-state index in [2.05, 4.69) is 50.9 Å². The minimum Gasteiger partial charge on any atom is -0.368 e. The number of nitrogens with one attached hydrogen (secondary N) is 1. The number of benzene rings is 3. The van der Waals surface area contributed by atoms with Crippen LogP contribution < -0.4 is 14.5 Å². The number of rotatable bonds is 7. The number of hydrogen-bond donors (Lipinski definition) is 1. The number of nitriles is 1. The fraction of sp³-hybridized carbons (Fsp3) is 0.231. The molecule has 1 heterocycles. The first-order valence-corrected chi connectivity index (χ1v) is 11.5. The summed E-state index contributed by atoms with van der Waals surface area (Å²) in [6.45, 7) is 3.81. The smallest absolute Gasteiger partial charge is 0.217 e. The minimum atomic E-state index is -0.0119. The summed E-state index contributed by atoms with van der Waals surface area (Å²) >= 11 is 1.66. The highest BCUT2D eigenvalue weighted by Gasteiger charge is 2.25. The zero-order valence-corrected chi connectivity index (χ0v) is 18.9. The Bertz CT molecular complexity index is 1060. The Balaban J connectivity index is 1.60. The van der Waals surface area contributed by atoms with Crippen molar-refractivity contribution in [3.8, 4) is 6.07 Å². The van der Waals surface area contributed by atoms with Crippen LogP contribution in [0.25, 0.3) is 0 Å². The molecule has 1 N–H and O–H groups in total. The zero-order valence-electron chi connectivity index (χ0n) is 18.1. The summed E-state index contributed by atoms with van der Waals surface area (Å²) in [6.07, 6.45) is 0.885. The van der Waals surface area contributed by atoms with Crippen molar-refractivity contribution < 1.29 is 4.79 Å². The molecule has 1 saturated heterocycles. The van der Waals surface area contributed by atoms with Crippen LogP contribution >= 0.6 is 11.9 Å². The molecule has 1 aliphatic heterocycles. The van der Waals surface area contributed by atoms with E-state index in [0.717, 1.165) is 42.3 Å². The molecule has 5 nitrogen and oxygen atoms in total. The molecule has 3 aromatic carbocycles. The van der Waals surface area contributed by atoms with Gasteiger partial charge in [-0.1, -0.05) is 48.5 Å². The number of anilines is 2. The summed E-state index contributed by atoms with van der Waals surface area (Å²) < 4.78 is 2.22. The van der Waals surface area contributed by atoms with E-state index in [1.165, 1.54) is 5.56 Å². The molecule has 0 saturated carbocycles. The molecule has 1 fully saturated rings. The van der Waals surface area contributed by atoms with Crippen LogP contribution in [0.1, 0.15) is 24.5 Å². The zero-order chi connectivity index (χ0) is 22.3. The minimum absolute atomic E-state index is 0.0119. The molecule has 0 aliphatic carbocycles. The first kappa shape index (κ1) is 21.8. The van der Waals surface area contributed by atoms with Gasteiger partial charge in [0.1, 0.15) is 6.07 Å². The van der Waals surface area contributed by atoms with Crippen molar-refractivity contribution in [3.05, 3.63) is 90.0 Å². The molecule has 1 aliphatic rings. The molecule has 1 unspecified atom stereocenters. The van der Waals surface area contributed by atoms with Gasteiger partial charge in [0.25, 0.3) is 0 Å². The number of nitrogens with zero attached hydrogens (tertiary/aromatic N) is 3. The summed E-state index contributed by atoms with van der Waals surface area (Å²) in [4.78, 5) is 14.7. The van der Waals surface area contributed by atoms with Crippen molar-refractivity contribution in [1.82, 2.24) is 5.32 Å². The standard InChI is InChI=1S/C26H26N4OS/c1-20(31)28-23-14-15-29(19-23)26-13-12-24(16-22(26)17-27)30(18-21-8-4-2-5-9-21)32-25-10-6-3-7-11-25/h2-13,16,23H,14-15,18-19H2,1H3,(H,28,31). The second-order valence-corrected chi connectivity index (χ2v) is 8.97. The Morgan fingerprint density at radius 1 is 1.12 bits per heavy atom. The third-order valence-electron chi connectivity index (χ3n) is 5.45. The average molecular weight is 443 g/mol. The Kier molecular flexibility index (Phi) is 6.98. The molecule has 4 rings (SSSR count). The van der Waals surface area contributed by atoms with Crippen molar-refractivity contribution in [2.75, 3.05) is 22.3 Å². The molecule has 1 amide bonds. The van der Waals surface area contributed by atoms with E-state index in [0.29, 0.717) is 5.56 Å². The average Bonchev–Trinajstić information content (AvgIpc) is 3.27. The number of amides is 1. The molecular weight excluding hydrogens is 416 g/mol. The van der Waals surface area contributed by atoms with Gasteiger partial charge in [0.15, 0.2) is 0 Å². The Labute approximate surface area is 193 Å². The summed E-state index contributed by atoms with van der Waals surface area (Å²) in [5, 5.41) is 12.9. The largest absolute Gasteiger partial charge is 0.368 e. The van der Waals surface area contributed by atoms with E-state index < -0.39 is 0 Å². The Morgan fingerprint density at radius 2 is 1.84 bits per heavy atom. The van der Waals surface area contributed by atoms with Crippen molar-refractivity contribution in [3.63, 3.8) is 0 Å². The summed E-state index contributed by atoms with van der Waals surface area (Å²) in [6, 6.07) is 29.2. The monoisotopic (exact) mass is 442 g/mol. The Morgan fingerprint density at radius 3 is 2.53 bits per heavy atom. The van der Waals surface area contributed by atoms with Crippen LogP contribution in [0.2, 0.25) is 0 Å². The quantitative estimate of drug-likeness (QED) is 0.523. The number of carbonyl (C=O) groups excluding carboxylic acids is 1. The van der Waals surface area contributed by atoms with Crippen LogP contribution in [-0.4, -0.2) is 25.0 Å². The van der Waals surface area contributed by atoms with Gasteiger partial charge in [0.05, 0.1) is 17.8 Å². The van der Waals surface area contributed by atoms with Gasteiger partial charge in [-0.15, -0.1) is 0 Å². The lowest BCUT2D eigenvalue weighted by atomic mass is 10.1. The van der Waals surface area contributed by atoms with Gasteiger partial charge in [-0.3, -0.25) is 4.79 Å². The highest BCUT2D eigenvalue weighted by Crippen LogP contribution is 2.34. The topological polar surface area (TPSA) is 59.4 Å². The normalized spacial score (nSPS) is 15.2. The molecule has 0 bridgehead atoms. The van der Waals surface area contributed by atoms with Crippen molar-refractivity contribution in [1.29, 1.82) is 5.26 Å². The van der Waals surface area contributed by atoms with Crippen LogP contribution in [0, 0.1) is 11.3 Å². The lowest BCUT2D eigenvalue weighted by Gasteiger charge is -2.26. The second kappa shape index (κ2) is 10.3. The second-order valence-electron chi connectivity index (χ2n) is 7.87. The van der Waals surface area contributed by atoms with Crippen molar-refractivity contribution in [2.24, 2.45) is 0 Å². The fourth-order valence-electron chi connectivity index (χ4n) is 3.96. The molecule has 6 heteroatoms. The van der Waals surface area contributed by atoms with Gasteiger partial charge in [0.2, 0.25) is 5.91 Å². The first-order valence-electron chi connectivity index (χ1n) is 10.7. The molecule has 0 radical (unpaired) electrons. The van der Waals surface area contributed by atoms with Gasteiger partial charge in [0, 0.05) is 36.6 Å². The van der Waals surface area contributed by atoms with Crippen LogP contribution in [0.15, 0.2) is 83.8 Å². The van der Waals surface area contributed by atoms with Gasteiger partial charge in [-0.2, -0.15) is 5.26 Å². The van der Waals surface area contributed by atoms with Crippen molar-refractivity contribution >= 4 is 29.2 Å². The third-order valence-corrected chi connectivity index (χ3v) is 6.50. The fourth-order valence-corrected chi connectivity index (χ4v) is 4.93. The molecule has 3 aromatic rings. The van der Waals surface area contributed by atoms with Crippen LogP contribution in [0.3, 0.4) is 0 Å². The van der Waals surface area contributed by atoms with E-state index in [9.17, 15) is 10.1 Å². The van der Waals surface area contributed by atoms with Gasteiger partial charge >= 0.3 is 0 Å². The van der Waals surface area contributed by atoms with E-state index in [1.54, 1.807) is 18.9 Å². The predicted molar refractivity (Wildman–Crippen MR) is 131 cm³/mol. The van der Waals surface area contributed by atoms with Crippen LogP contribution in [-0.2, 0) is 11.3 Å². The van der Waals surface area contributed by atoms with E-state index in [-0.39, 0.29) is 11.9 Å². The molecule has 32 heavy (non-hydrogen) atoms. The molecular formula is C26H26N4OS. The molecule has 1 atom stereocenters. The first-order chi connectivity index (χ1) is 15.6. The molecule has 0 spiro atoms. The lowest BCUT2D eigenvalue weighted by Crippen LogP contribution is -2.35. The number of hydrogen-bond acceptors (Lipinski definition) is 5. The molecule has 0 aromatic heterocycles. The maximum atomic E-state index is 11.4. The summed E-state index contributed by atoms with van der Waals surface area (Å²) in [5.41, 5.74) is 3.77. The summed E-state index contributed by atoms with van der Waals surface area (Å²) in [5.74, 6) is -0.0119. The number of carbonyl (C=O) groups is 1. The SMILES string of the molecule is CC(=O)NC1CCN(c2ccc(N(Cc3ccccc3)Sc3ccccc3)cc2C#N)C1. The van der Waals surface area contributed by atoms with Crippen LogP contribution in [0.5, 0.6) is 0 Å². The van der Waals surface area contributed by atoms with Crippen molar-refractivity contribution in [2.45, 2.75) is 30.8 Å². The highest BCUT2D eigenvalue weighted by atomic mass is 32.2. The van der Waals surface area contributed by atoms with Gasteiger partial charge < -0.3 is 14.5 Å². The highest BCUT2D eigenvalue weighted by molar-refractivity contribution is 8.00.